The molecule has 0 spiro atoms. The maximum Gasteiger partial charge on any atom is 0.247 e. The minimum atomic E-state index is -0.736. The molecule has 0 bridgehead atoms. The smallest absolute Gasteiger partial charge is 0.247 e. The van der Waals surface area contributed by atoms with Crippen molar-refractivity contribution in [1.82, 2.24) is 5.32 Å². The Morgan fingerprint density at radius 1 is 0.962 bits per heavy atom. The van der Waals surface area contributed by atoms with Crippen LogP contribution in [0.2, 0.25) is 1.41 Å². The van der Waals surface area contributed by atoms with Gasteiger partial charge in [-0.2, -0.15) is 0 Å². The predicted molar refractivity (Wildman–Crippen MR) is 104 cm³/mol. The van der Waals surface area contributed by atoms with Gasteiger partial charge in [0, 0.05) is 12.1 Å². The Morgan fingerprint density at radius 2 is 1.69 bits per heavy atom. The Hall–Kier alpha value is -3.18. The highest BCUT2D eigenvalue weighted by atomic mass is 16.2. The first-order valence-electron chi connectivity index (χ1n) is 8.93. The van der Waals surface area contributed by atoms with Gasteiger partial charge in [-0.1, -0.05) is 60.7 Å². The van der Waals surface area contributed by atoms with E-state index in [2.05, 4.69) is 16.4 Å². The molecule has 0 fully saturated rings. The first-order chi connectivity index (χ1) is 13.2. The van der Waals surface area contributed by atoms with E-state index in [1.165, 1.54) is 0 Å². The normalized spacial score (nSPS) is 12.2. The lowest BCUT2D eigenvalue weighted by atomic mass is 10.0. The van der Waals surface area contributed by atoms with Crippen LogP contribution in [0, 0.1) is 0 Å². The lowest BCUT2D eigenvalue weighted by Gasteiger charge is -2.18. The molecule has 0 radical (unpaired) electrons. The first kappa shape index (κ1) is 16.3. The SMILES string of the molecule is [2H]NCC(=O)N[C@@H](Cc1ccccc1)C(=O)Nc1ccc2ccccc2c1. The van der Waals surface area contributed by atoms with Crippen LogP contribution in [-0.2, 0) is 16.0 Å². The number of fused-ring (bicyclic) bond motifs is 1. The summed E-state index contributed by atoms with van der Waals surface area (Å²) in [4.78, 5) is 24.7. The summed E-state index contributed by atoms with van der Waals surface area (Å²) in [6, 6.07) is 22.3. The maximum absolute atomic E-state index is 12.8. The van der Waals surface area contributed by atoms with E-state index in [1.54, 1.807) is 0 Å². The summed E-state index contributed by atoms with van der Waals surface area (Å²) in [7, 11) is 0. The number of hydrogen-bond acceptors (Lipinski definition) is 3. The van der Waals surface area contributed by atoms with Gasteiger partial charge >= 0.3 is 0 Å². The molecular formula is C21H21N3O2. The van der Waals surface area contributed by atoms with E-state index in [0.717, 1.165) is 16.3 Å². The van der Waals surface area contributed by atoms with E-state index in [4.69, 9.17) is 1.41 Å². The van der Waals surface area contributed by atoms with E-state index in [9.17, 15) is 9.59 Å². The molecule has 1 atom stereocenters. The summed E-state index contributed by atoms with van der Waals surface area (Å²) in [6.45, 7) is -0.172. The fourth-order valence-electron chi connectivity index (χ4n) is 2.80. The lowest BCUT2D eigenvalue weighted by Crippen LogP contribution is -2.47. The second kappa shape index (κ2) is 8.27. The van der Waals surface area contributed by atoms with Crippen molar-refractivity contribution in [2.45, 2.75) is 12.5 Å². The van der Waals surface area contributed by atoms with Crippen molar-refractivity contribution in [2.24, 2.45) is 5.73 Å². The van der Waals surface area contributed by atoms with Crippen molar-refractivity contribution in [3.8, 4) is 0 Å². The molecule has 26 heavy (non-hydrogen) atoms. The van der Waals surface area contributed by atoms with Gasteiger partial charge in [-0.3, -0.25) is 9.59 Å². The number of carbonyl (C=O) groups excluding carboxylic acids is 2. The summed E-state index contributed by atoms with van der Waals surface area (Å²) in [5.41, 5.74) is 3.66. The molecule has 0 unspecified atom stereocenters. The van der Waals surface area contributed by atoms with Gasteiger partial charge in [0.25, 0.3) is 0 Å². The Kier molecular flexibility index (Phi) is 5.18. The summed E-state index contributed by atoms with van der Waals surface area (Å²) in [6.07, 6.45) is 0.365. The van der Waals surface area contributed by atoms with Gasteiger partial charge in [-0.05, 0) is 28.5 Å². The zero-order chi connectivity index (χ0) is 19.1. The number of nitrogens with one attached hydrogen (secondary N) is 2. The Morgan fingerprint density at radius 3 is 2.46 bits per heavy atom. The van der Waals surface area contributed by atoms with Gasteiger partial charge in [0.05, 0.1) is 6.54 Å². The van der Waals surface area contributed by atoms with Crippen LogP contribution in [0.3, 0.4) is 0 Å². The molecule has 3 rings (SSSR count). The van der Waals surface area contributed by atoms with Crippen molar-refractivity contribution >= 4 is 28.3 Å². The highest BCUT2D eigenvalue weighted by Gasteiger charge is 2.21. The number of hydrogen-bond donors (Lipinski definition) is 3. The number of amides is 2. The zero-order valence-corrected chi connectivity index (χ0v) is 14.2. The summed E-state index contributed by atoms with van der Waals surface area (Å²) < 4.78 is 6.95. The summed E-state index contributed by atoms with van der Waals surface area (Å²) in [5.74, 6) is -0.702. The summed E-state index contributed by atoms with van der Waals surface area (Å²) in [5, 5.41) is 7.69. The topological polar surface area (TPSA) is 84.2 Å². The molecule has 0 aliphatic rings. The van der Waals surface area contributed by atoms with Gasteiger partial charge in [0.1, 0.15) is 7.45 Å². The van der Waals surface area contributed by atoms with Crippen LogP contribution in [0.4, 0.5) is 5.69 Å². The van der Waals surface area contributed by atoms with E-state index in [0.29, 0.717) is 12.1 Å². The van der Waals surface area contributed by atoms with Crippen LogP contribution in [0.1, 0.15) is 5.56 Å². The van der Waals surface area contributed by atoms with Crippen molar-refractivity contribution in [3.63, 3.8) is 0 Å². The van der Waals surface area contributed by atoms with Crippen LogP contribution < -0.4 is 16.4 Å². The second-order valence-corrected chi connectivity index (χ2v) is 6.04. The zero-order valence-electron chi connectivity index (χ0n) is 15.2. The monoisotopic (exact) mass is 348 g/mol. The molecule has 3 aromatic rings. The molecule has 0 aromatic heterocycles. The number of anilines is 1. The molecule has 0 saturated carbocycles. The van der Waals surface area contributed by atoms with Crippen molar-refractivity contribution in [1.29, 1.82) is 0 Å². The molecule has 0 aliphatic heterocycles. The molecule has 0 saturated heterocycles. The Bertz CT molecular complexity index is 931. The van der Waals surface area contributed by atoms with Crippen LogP contribution in [0.15, 0.2) is 72.8 Å². The minimum absolute atomic E-state index is 0.172. The molecule has 132 valence electrons. The average molecular weight is 348 g/mol. The van der Waals surface area contributed by atoms with Gasteiger partial charge < -0.3 is 16.4 Å². The number of benzene rings is 3. The fourth-order valence-corrected chi connectivity index (χ4v) is 2.80. The van der Waals surface area contributed by atoms with E-state index in [1.807, 2.05) is 72.8 Å². The third-order valence-electron chi connectivity index (χ3n) is 4.11. The number of rotatable bonds is 7. The fraction of sp³-hybridized carbons (Fsp3) is 0.143. The highest BCUT2D eigenvalue weighted by molar-refractivity contribution is 5.99. The molecule has 2 amide bonds. The molecule has 5 heteroatoms. The lowest BCUT2D eigenvalue weighted by molar-refractivity contribution is -0.125. The third kappa shape index (κ3) is 4.46. The summed E-state index contributed by atoms with van der Waals surface area (Å²) >= 11 is 0. The minimum Gasteiger partial charge on any atom is -0.343 e. The molecule has 0 aliphatic carbocycles. The van der Waals surface area contributed by atoms with E-state index < -0.39 is 11.9 Å². The highest BCUT2D eigenvalue weighted by Crippen LogP contribution is 2.19. The molecule has 5 nitrogen and oxygen atoms in total. The molecule has 4 N–H and O–H groups in total. The van der Waals surface area contributed by atoms with Crippen LogP contribution in [-0.4, -0.2) is 24.4 Å². The van der Waals surface area contributed by atoms with Gasteiger partial charge in [-0.25, -0.2) is 0 Å². The first-order valence-corrected chi connectivity index (χ1v) is 8.43. The van der Waals surface area contributed by atoms with Gasteiger partial charge in [-0.15, -0.1) is 0 Å². The van der Waals surface area contributed by atoms with E-state index in [-0.39, 0.29) is 12.5 Å². The van der Waals surface area contributed by atoms with Gasteiger partial charge in [0.2, 0.25) is 11.8 Å². The van der Waals surface area contributed by atoms with Crippen LogP contribution >= 0.6 is 0 Å². The Balaban J connectivity index is 1.76. The molecular weight excluding hydrogens is 326 g/mol. The maximum atomic E-state index is 12.8. The predicted octanol–water partition coefficient (Wildman–Crippen LogP) is 2.46. The van der Waals surface area contributed by atoms with Crippen LogP contribution in [0.5, 0.6) is 0 Å². The van der Waals surface area contributed by atoms with Crippen molar-refractivity contribution < 1.29 is 11.0 Å². The molecule has 0 heterocycles. The van der Waals surface area contributed by atoms with Crippen molar-refractivity contribution in [2.75, 3.05) is 11.9 Å². The average Bonchev–Trinajstić information content (AvgIpc) is 2.68. The second-order valence-electron chi connectivity index (χ2n) is 6.04. The van der Waals surface area contributed by atoms with Crippen LogP contribution in [0.25, 0.3) is 10.8 Å². The van der Waals surface area contributed by atoms with E-state index >= 15 is 0 Å². The van der Waals surface area contributed by atoms with Gasteiger partial charge in [0.15, 0.2) is 0 Å². The number of carbonyl (C=O) groups is 2. The largest absolute Gasteiger partial charge is 0.343 e. The number of nitrogens with two attached hydrogens (primary N) is 1. The standard InChI is InChI=1S/C21H21N3O2/c22-14-20(25)24-19(12-15-6-2-1-3-7-15)21(26)23-18-11-10-16-8-4-5-9-17(16)13-18/h1-11,13,19H,12,14,22H2,(H,23,26)(H,24,25)/t19-/m0/s1/i/hD. The molecule has 3 aromatic carbocycles. The Labute approximate surface area is 153 Å². The van der Waals surface area contributed by atoms with Crippen molar-refractivity contribution in [3.05, 3.63) is 78.4 Å². The quantitative estimate of drug-likeness (QED) is 0.613. The third-order valence-corrected chi connectivity index (χ3v) is 4.11.